The van der Waals surface area contributed by atoms with Crippen molar-refractivity contribution in [2.75, 3.05) is 0 Å². The number of nitrogens with zero attached hydrogens (tertiary/aromatic N) is 5. The molecule has 4 aromatic carbocycles. The summed E-state index contributed by atoms with van der Waals surface area (Å²) >= 11 is 0. The Labute approximate surface area is 205 Å². The lowest BCUT2D eigenvalue weighted by Gasteiger charge is -2.13. The van der Waals surface area contributed by atoms with Crippen LogP contribution in [0.25, 0.3) is 65.9 Å². The van der Waals surface area contributed by atoms with Crippen LogP contribution in [0, 0.1) is 0 Å². The SMILES string of the molecule is c1ccc(-n2c3ccccc3c3c4cccnc4c4c5ccccc5n(-c5cncnc5)c4c32)cc1. The maximum absolute atomic E-state index is 4.95. The highest BCUT2D eigenvalue weighted by atomic mass is 15.1. The zero-order valence-electron chi connectivity index (χ0n) is 19.2. The van der Waals surface area contributed by atoms with Gasteiger partial charge in [0.1, 0.15) is 6.33 Å². The molecule has 4 heterocycles. The summed E-state index contributed by atoms with van der Waals surface area (Å²) in [5, 5.41) is 5.85. The van der Waals surface area contributed by atoms with E-state index in [0.717, 1.165) is 55.1 Å². The predicted molar refractivity (Wildman–Crippen MR) is 146 cm³/mol. The molecule has 0 spiro atoms. The molecule has 5 heteroatoms. The first-order chi connectivity index (χ1) is 17.9. The minimum absolute atomic E-state index is 0.921. The number of fused-ring (bicyclic) bond motifs is 10. The summed E-state index contributed by atoms with van der Waals surface area (Å²) in [7, 11) is 0. The third-order valence-electron chi connectivity index (χ3n) is 7.11. The molecule has 0 radical (unpaired) electrons. The van der Waals surface area contributed by atoms with Crippen molar-refractivity contribution in [1.29, 1.82) is 0 Å². The lowest BCUT2D eigenvalue weighted by Crippen LogP contribution is -1.99. The summed E-state index contributed by atoms with van der Waals surface area (Å²) < 4.78 is 4.68. The van der Waals surface area contributed by atoms with Crippen LogP contribution in [-0.4, -0.2) is 24.1 Å². The van der Waals surface area contributed by atoms with Gasteiger partial charge in [-0.2, -0.15) is 0 Å². The first-order valence-corrected chi connectivity index (χ1v) is 12.0. The number of benzene rings is 4. The molecular weight excluding hydrogens is 442 g/mol. The van der Waals surface area contributed by atoms with Crippen LogP contribution in [0.4, 0.5) is 0 Å². The smallest absolute Gasteiger partial charge is 0.115 e. The van der Waals surface area contributed by atoms with E-state index in [1.165, 1.54) is 10.8 Å². The van der Waals surface area contributed by atoms with E-state index in [1.54, 1.807) is 6.33 Å². The van der Waals surface area contributed by atoms with E-state index >= 15 is 0 Å². The van der Waals surface area contributed by atoms with Gasteiger partial charge in [0.2, 0.25) is 0 Å². The van der Waals surface area contributed by atoms with Gasteiger partial charge in [0.25, 0.3) is 0 Å². The molecule has 36 heavy (non-hydrogen) atoms. The summed E-state index contributed by atoms with van der Waals surface area (Å²) in [6, 6.07) is 32.0. The molecule has 0 fully saturated rings. The molecule has 0 bridgehead atoms. The number of hydrogen-bond acceptors (Lipinski definition) is 3. The van der Waals surface area contributed by atoms with Crippen molar-refractivity contribution in [2.45, 2.75) is 0 Å². The molecule has 0 saturated carbocycles. The second-order valence-electron chi connectivity index (χ2n) is 8.98. The Kier molecular flexibility index (Phi) is 3.88. The third kappa shape index (κ3) is 2.46. The van der Waals surface area contributed by atoms with Crippen LogP contribution >= 0.6 is 0 Å². The van der Waals surface area contributed by atoms with Gasteiger partial charge >= 0.3 is 0 Å². The maximum atomic E-state index is 4.95. The van der Waals surface area contributed by atoms with E-state index in [4.69, 9.17) is 4.98 Å². The molecule has 8 rings (SSSR count). The second kappa shape index (κ2) is 7.23. The Morgan fingerprint density at radius 3 is 1.83 bits per heavy atom. The van der Waals surface area contributed by atoms with Gasteiger partial charge in [0.05, 0.1) is 45.7 Å². The number of rotatable bonds is 2. The minimum Gasteiger partial charge on any atom is -0.307 e. The highest BCUT2D eigenvalue weighted by Gasteiger charge is 2.24. The second-order valence-corrected chi connectivity index (χ2v) is 8.98. The molecule has 0 unspecified atom stereocenters. The summed E-state index contributed by atoms with van der Waals surface area (Å²) in [5.74, 6) is 0. The molecule has 5 nitrogen and oxygen atoms in total. The Morgan fingerprint density at radius 2 is 1.08 bits per heavy atom. The van der Waals surface area contributed by atoms with Crippen LogP contribution < -0.4 is 0 Å². The van der Waals surface area contributed by atoms with Crippen LogP contribution in [0.3, 0.4) is 0 Å². The van der Waals surface area contributed by atoms with E-state index in [2.05, 4.69) is 104 Å². The van der Waals surface area contributed by atoms with E-state index in [0.29, 0.717) is 0 Å². The zero-order chi connectivity index (χ0) is 23.6. The van der Waals surface area contributed by atoms with Gasteiger partial charge in [-0.1, -0.05) is 60.7 Å². The van der Waals surface area contributed by atoms with Crippen molar-refractivity contribution < 1.29 is 0 Å². The fraction of sp³-hybridized carbons (Fsp3) is 0. The van der Waals surface area contributed by atoms with Crippen LogP contribution in [0.15, 0.2) is 116 Å². The lowest BCUT2D eigenvalue weighted by atomic mass is 10.0. The number of hydrogen-bond donors (Lipinski definition) is 0. The van der Waals surface area contributed by atoms with E-state index in [1.807, 2.05) is 24.7 Å². The molecule has 168 valence electrons. The third-order valence-corrected chi connectivity index (χ3v) is 7.11. The summed E-state index contributed by atoms with van der Waals surface area (Å²) in [4.78, 5) is 13.7. The molecule has 0 aliphatic carbocycles. The van der Waals surface area contributed by atoms with E-state index < -0.39 is 0 Å². The van der Waals surface area contributed by atoms with Crippen molar-refractivity contribution >= 4 is 54.5 Å². The number of para-hydroxylation sites is 3. The minimum atomic E-state index is 0.921. The highest BCUT2D eigenvalue weighted by Crippen LogP contribution is 2.45. The molecule has 0 amide bonds. The largest absolute Gasteiger partial charge is 0.307 e. The van der Waals surface area contributed by atoms with Gasteiger partial charge in [-0.15, -0.1) is 0 Å². The molecule has 8 aromatic rings. The van der Waals surface area contributed by atoms with Crippen molar-refractivity contribution in [2.24, 2.45) is 0 Å². The predicted octanol–water partition coefficient (Wildman–Crippen LogP) is 7.22. The average molecular weight is 462 g/mol. The molecule has 0 aliphatic heterocycles. The monoisotopic (exact) mass is 461 g/mol. The first-order valence-electron chi connectivity index (χ1n) is 12.0. The van der Waals surface area contributed by atoms with Crippen molar-refractivity contribution in [3.63, 3.8) is 0 Å². The summed E-state index contributed by atoms with van der Waals surface area (Å²) in [6.07, 6.45) is 7.22. The zero-order valence-corrected chi connectivity index (χ0v) is 19.2. The van der Waals surface area contributed by atoms with Gasteiger partial charge < -0.3 is 9.13 Å². The first kappa shape index (κ1) is 19.3. The topological polar surface area (TPSA) is 48.5 Å². The Balaban J connectivity index is 1.79. The highest BCUT2D eigenvalue weighted by molar-refractivity contribution is 6.35. The van der Waals surface area contributed by atoms with Gasteiger partial charge in [-0.25, -0.2) is 9.97 Å². The van der Waals surface area contributed by atoms with Crippen molar-refractivity contribution in [3.8, 4) is 11.4 Å². The Hall–Kier alpha value is -5.03. The molecule has 0 aliphatic rings. The van der Waals surface area contributed by atoms with Gasteiger partial charge in [0, 0.05) is 38.8 Å². The van der Waals surface area contributed by atoms with Gasteiger partial charge in [-0.3, -0.25) is 4.98 Å². The van der Waals surface area contributed by atoms with Crippen LogP contribution in [0.5, 0.6) is 0 Å². The van der Waals surface area contributed by atoms with Gasteiger partial charge in [-0.05, 0) is 30.3 Å². The van der Waals surface area contributed by atoms with Gasteiger partial charge in [0.15, 0.2) is 0 Å². The molecule has 0 N–H and O–H groups in total. The van der Waals surface area contributed by atoms with E-state index in [9.17, 15) is 0 Å². The average Bonchev–Trinajstić information content (AvgIpc) is 3.48. The number of aromatic nitrogens is 5. The molecular formula is C31H19N5. The molecule has 4 aromatic heterocycles. The normalized spacial score (nSPS) is 11.9. The summed E-state index contributed by atoms with van der Waals surface area (Å²) in [5.41, 5.74) is 7.57. The van der Waals surface area contributed by atoms with Crippen LogP contribution in [0.2, 0.25) is 0 Å². The number of pyridine rings is 1. The molecule has 0 atom stereocenters. The lowest BCUT2D eigenvalue weighted by molar-refractivity contribution is 1.07. The van der Waals surface area contributed by atoms with Crippen LogP contribution in [0.1, 0.15) is 0 Å². The Morgan fingerprint density at radius 1 is 0.500 bits per heavy atom. The van der Waals surface area contributed by atoms with Crippen molar-refractivity contribution in [3.05, 3.63) is 116 Å². The quantitative estimate of drug-likeness (QED) is 0.273. The standard InChI is InChI=1S/C31H19N5/c1-2-9-20(10-3-1)35-25-14-6-4-11-22(25)27-24-13-8-16-34-29(24)28-23-12-5-7-15-26(23)36(31(28)30(27)35)21-17-32-19-33-18-21/h1-19H. The maximum Gasteiger partial charge on any atom is 0.115 e. The van der Waals surface area contributed by atoms with E-state index in [-0.39, 0.29) is 0 Å². The fourth-order valence-electron chi connectivity index (χ4n) is 5.77. The summed E-state index contributed by atoms with van der Waals surface area (Å²) in [6.45, 7) is 0. The van der Waals surface area contributed by atoms with Crippen LogP contribution in [-0.2, 0) is 0 Å². The van der Waals surface area contributed by atoms with Crippen molar-refractivity contribution in [1.82, 2.24) is 24.1 Å². The molecule has 0 saturated heterocycles. The fourth-order valence-corrected chi connectivity index (χ4v) is 5.77. The Bertz CT molecular complexity index is 1930.